The predicted molar refractivity (Wildman–Crippen MR) is 74.9 cm³/mol. The van der Waals surface area contributed by atoms with Crippen LogP contribution >= 0.6 is 0 Å². The van der Waals surface area contributed by atoms with Crippen molar-refractivity contribution >= 4 is 5.91 Å². The fraction of sp³-hybridized carbons (Fsp3) is 0.533. The van der Waals surface area contributed by atoms with Crippen molar-refractivity contribution in [2.45, 2.75) is 25.4 Å². The van der Waals surface area contributed by atoms with Crippen molar-refractivity contribution < 1.29 is 9.90 Å². The van der Waals surface area contributed by atoms with Crippen LogP contribution in [-0.4, -0.2) is 36.8 Å². The van der Waals surface area contributed by atoms with Gasteiger partial charge in [0.15, 0.2) is 0 Å². The van der Waals surface area contributed by atoms with Gasteiger partial charge in [0, 0.05) is 25.6 Å². The molecular formula is C15H22N2O2. The van der Waals surface area contributed by atoms with Crippen molar-refractivity contribution in [2.75, 3.05) is 19.6 Å². The topological polar surface area (TPSA) is 61.4 Å². The summed E-state index contributed by atoms with van der Waals surface area (Å²) in [6.45, 7) is 3.94. The van der Waals surface area contributed by atoms with E-state index in [1.165, 1.54) is 0 Å². The van der Waals surface area contributed by atoms with Crippen LogP contribution < -0.4 is 10.6 Å². The number of β-amino-alcohol motifs (C(OH)–C–C–N with tert-alkyl or cyclic N) is 1. The van der Waals surface area contributed by atoms with E-state index < -0.39 is 0 Å². The van der Waals surface area contributed by atoms with Gasteiger partial charge < -0.3 is 15.7 Å². The molecule has 4 heteroatoms. The predicted octanol–water partition coefficient (Wildman–Crippen LogP) is 0.877. The lowest BCUT2D eigenvalue weighted by atomic mass is 9.95. The molecule has 1 fully saturated rings. The number of aliphatic hydroxyl groups is 1. The van der Waals surface area contributed by atoms with E-state index >= 15 is 0 Å². The van der Waals surface area contributed by atoms with Gasteiger partial charge >= 0.3 is 0 Å². The molecule has 3 atom stereocenters. The number of carbonyl (C=O) groups is 1. The number of rotatable bonds is 5. The molecule has 19 heavy (non-hydrogen) atoms. The van der Waals surface area contributed by atoms with Crippen LogP contribution in [0, 0.1) is 5.92 Å². The largest absolute Gasteiger partial charge is 0.391 e. The fourth-order valence-electron chi connectivity index (χ4n) is 2.54. The van der Waals surface area contributed by atoms with Gasteiger partial charge in [-0.3, -0.25) is 4.79 Å². The van der Waals surface area contributed by atoms with Crippen LogP contribution in [0.2, 0.25) is 0 Å². The van der Waals surface area contributed by atoms with Crippen molar-refractivity contribution in [3.05, 3.63) is 35.9 Å². The minimum atomic E-state index is -0.350. The van der Waals surface area contributed by atoms with Crippen molar-refractivity contribution in [3.8, 4) is 0 Å². The van der Waals surface area contributed by atoms with Crippen molar-refractivity contribution in [2.24, 2.45) is 5.92 Å². The number of aliphatic hydroxyl groups excluding tert-OH is 1. The summed E-state index contributed by atoms with van der Waals surface area (Å²) < 4.78 is 0. The highest BCUT2D eigenvalue weighted by molar-refractivity contribution is 5.83. The normalized spacial score (nSPS) is 24.1. The summed E-state index contributed by atoms with van der Waals surface area (Å²) >= 11 is 0. The molecule has 3 N–H and O–H groups in total. The summed E-state index contributed by atoms with van der Waals surface area (Å²) in [6, 6.07) is 9.83. The third kappa shape index (κ3) is 3.55. The maximum Gasteiger partial charge on any atom is 0.227 e. The van der Waals surface area contributed by atoms with E-state index in [9.17, 15) is 9.90 Å². The SMILES string of the molecule is CCC(C(=O)NCC1CNCC1O)c1ccccc1. The Hall–Kier alpha value is -1.39. The van der Waals surface area contributed by atoms with Crippen LogP contribution in [-0.2, 0) is 4.79 Å². The van der Waals surface area contributed by atoms with Gasteiger partial charge in [0.1, 0.15) is 0 Å². The molecule has 0 spiro atoms. The Morgan fingerprint density at radius 1 is 1.42 bits per heavy atom. The van der Waals surface area contributed by atoms with Gasteiger partial charge in [0.2, 0.25) is 5.91 Å². The number of benzene rings is 1. The van der Waals surface area contributed by atoms with E-state index in [-0.39, 0.29) is 23.8 Å². The molecule has 0 saturated carbocycles. The van der Waals surface area contributed by atoms with Crippen LogP contribution in [0.3, 0.4) is 0 Å². The Labute approximate surface area is 114 Å². The number of hydrogen-bond donors (Lipinski definition) is 3. The van der Waals surface area contributed by atoms with Gasteiger partial charge in [0.05, 0.1) is 12.0 Å². The zero-order valence-electron chi connectivity index (χ0n) is 11.3. The van der Waals surface area contributed by atoms with Gasteiger partial charge in [-0.2, -0.15) is 0 Å². The Bertz CT molecular complexity index is 408. The van der Waals surface area contributed by atoms with Gasteiger partial charge in [-0.05, 0) is 12.0 Å². The maximum atomic E-state index is 12.2. The summed E-state index contributed by atoms with van der Waals surface area (Å²) in [5, 5.41) is 15.8. The molecule has 1 aliphatic rings. The molecule has 1 aromatic rings. The first-order chi connectivity index (χ1) is 9.22. The summed E-state index contributed by atoms with van der Waals surface area (Å²) in [4.78, 5) is 12.2. The summed E-state index contributed by atoms with van der Waals surface area (Å²) in [6.07, 6.45) is 0.429. The molecule has 3 unspecified atom stereocenters. The molecule has 104 valence electrons. The molecule has 4 nitrogen and oxygen atoms in total. The minimum Gasteiger partial charge on any atom is -0.391 e. The fourth-order valence-corrected chi connectivity index (χ4v) is 2.54. The lowest BCUT2D eigenvalue weighted by molar-refractivity contribution is -0.122. The lowest BCUT2D eigenvalue weighted by Gasteiger charge is -2.18. The van der Waals surface area contributed by atoms with Crippen LogP contribution in [0.15, 0.2) is 30.3 Å². The number of nitrogens with one attached hydrogen (secondary N) is 2. The second-order valence-corrected chi connectivity index (χ2v) is 5.10. The smallest absolute Gasteiger partial charge is 0.227 e. The van der Waals surface area contributed by atoms with Crippen molar-refractivity contribution in [3.63, 3.8) is 0 Å². The van der Waals surface area contributed by atoms with Gasteiger partial charge in [-0.15, -0.1) is 0 Å². The average Bonchev–Trinajstić information content (AvgIpc) is 2.84. The van der Waals surface area contributed by atoms with E-state index in [4.69, 9.17) is 0 Å². The molecule has 0 radical (unpaired) electrons. The van der Waals surface area contributed by atoms with Crippen LogP contribution in [0.25, 0.3) is 0 Å². The van der Waals surface area contributed by atoms with Gasteiger partial charge in [-0.25, -0.2) is 0 Å². The van der Waals surface area contributed by atoms with E-state index in [0.29, 0.717) is 13.1 Å². The summed E-state index contributed by atoms with van der Waals surface area (Å²) in [5.74, 6) is 0.0673. The van der Waals surface area contributed by atoms with Gasteiger partial charge in [-0.1, -0.05) is 37.3 Å². The molecule has 1 aromatic carbocycles. The second kappa shape index (κ2) is 6.68. The monoisotopic (exact) mass is 262 g/mol. The first-order valence-corrected chi connectivity index (χ1v) is 6.93. The number of hydrogen-bond acceptors (Lipinski definition) is 3. The molecule has 1 heterocycles. The Balaban J connectivity index is 1.90. The third-order valence-electron chi connectivity index (χ3n) is 3.77. The molecule has 2 rings (SSSR count). The molecule has 1 amide bonds. The Morgan fingerprint density at radius 2 is 2.16 bits per heavy atom. The highest BCUT2D eigenvalue weighted by atomic mass is 16.3. The quantitative estimate of drug-likeness (QED) is 0.738. The zero-order valence-corrected chi connectivity index (χ0v) is 11.3. The maximum absolute atomic E-state index is 12.2. The summed E-state index contributed by atoms with van der Waals surface area (Å²) in [7, 11) is 0. The van der Waals surface area contributed by atoms with Crippen LogP contribution in [0.5, 0.6) is 0 Å². The Morgan fingerprint density at radius 3 is 2.74 bits per heavy atom. The highest BCUT2D eigenvalue weighted by Gasteiger charge is 2.26. The van der Waals surface area contributed by atoms with E-state index in [2.05, 4.69) is 10.6 Å². The third-order valence-corrected chi connectivity index (χ3v) is 3.77. The number of carbonyl (C=O) groups excluding carboxylic acids is 1. The van der Waals surface area contributed by atoms with E-state index in [1.54, 1.807) is 0 Å². The molecule has 0 bridgehead atoms. The standard InChI is InChI=1S/C15H22N2O2/c1-2-13(11-6-4-3-5-7-11)15(19)17-9-12-8-16-10-14(12)18/h3-7,12-14,16,18H,2,8-10H2,1H3,(H,17,19). The first-order valence-electron chi connectivity index (χ1n) is 6.93. The minimum absolute atomic E-state index is 0.0489. The molecule has 1 aliphatic heterocycles. The molecular weight excluding hydrogens is 240 g/mol. The van der Waals surface area contributed by atoms with E-state index in [0.717, 1.165) is 18.5 Å². The molecule has 1 saturated heterocycles. The van der Waals surface area contributed by atoms with Gasteiger partial charge in [0.25, 0.3) is 0 Å². The lowest BCUT2D eigenvalue weighted by Crippen LogP contribution is -2.36. The molecule has 0 aliphatic carbocycles. The van der Waals surface area contributed by atoms with Crippen molar-refractivity contribution in [1.82, 2.24) is 10.6 Å². The van der Waals surface area contributed by atoms with Crippen LogP contribution in [0.4, 0.5) is 0 Å². The number of amides is 1. The van der Waals surface area contributed by atoms with E-state index in [1.807, 2.05) is 37.3 Å². The first kappa shape index (κ1) is 14.0. The second-order valence-electron chi connectivity index (χ2n) is 5.10. The average molecular weight is 262 g/mol. The van der Waals surface area contributed by atoms with Crippen LogP contribution in [0.1, 0.15) is 24.8 Å². The highest BCUT2D eigenvalue weighted by Crippen LogP contribution is 2.19. The Kier molecular flexibility index (Phi) is 4.93. The van der Waals surface area contributed by atoms with Crippen molar-refractivity contribution in [1.29, 1.82) is 0 Å². The zero-order chi connectivity index (χ0) is 13.7. The molecule has 0 aromatic heterocycles. The summed E-state index contributed by atoms with van der Waals surface area (Å²) in [5.41, 5.74) is 1.05.